The summed E-state index contributed by atoms with van der Waals surface area (Å²) in [6.07, 6.45) is 6.62. The van der Waals surface area contributed by atoms with Crippen molar-refractivity contribution in [3.63, 3.8) is 0 Å². The first-order valence-electron chi connectivity index (χ1n) is 6.50. The predicted octanol–water partition coefficient (Wildman–Crippen LogP) is 0.849. The van der Waals surface area contributed by atoms with E-state index < -0.39 is 0 Å². The number of ether oxygens (including phenoxy) is 1. The van der Waals surface area contributed by atoms with Crippen LogP contribution >= 0.6 is 0 Å². The van der Waals surface area contributed by atoms with Crippen LogP contribution in [0, 0.1) is 5.92 Å². The molecule has 0 saturated carbocycles. The van der Waals surface area contributed by atoms with E-state index in [9.17, 15) is 0 Å². The monoisotopic (exact) mass is 210 g/mol. The van der Waals surface area contributed by atoms with Crippen molar-refractivity contribution in [3.8, 4) is 0 Å². The standard InChI is InChI=1S/C12H22N2O/c1-2-12-10(9-11(1)15-12)3-6-14-7-4-13-5-8-14/h10-13H,1-9H2. The number of rotatable bonds is 3. The van der Waals surface area contributed by atoms with Gasteiger partial charge in [0.15, 0.2) is 0 Å². The molecular weight excluding hydrogens is 188 g/mol. The lowest BCUT2D eigenvalue weighted by atomic mass is 9.87. The van der Waals surface area contributed by atoms with Crippen molar-refractivity contribution in [1.29, 1.82) is 0 Å². The van der Waals surface area contributed by atoms with Gasteiger partial charge < -0.3 is 15.0 Å². The molecule has 3 aliphatic rings. The van der Waals surface area contributed by atoms with Crippen LogP contribution in [0.2, 0.25) is 0 Å². The molecule has 0 spiro atoms. The SMILES string of the molecule is C1CN(CCC2CC3CCC2O3)CCN1. The summed E-state index contributed by atoms with van der Waals surface area (Å²) in [4.78, 5) is 2.60. The van der Waals surface area contributed by atoms with E-state index in [0.29, 0.717) is 12.2 Å². The third kappa shape index (κ3) is 2.19. The maximum absolute atomic E-state index is 5.89. The van der Waals surface area contributed by atoms with E-state index >= 15 is 0 Å². The number of nitrogens with one attached hydrogen (secondary N) is 1. The Hall–Kier alpha value is -0.120. The largest absolute Gasteiger partial charge is 0.375 e. The van der Waals surface area contributed by atoms with Crippen LogP contribution in [-0.2, 0) is 4.74 Å². The van der Waals surface area contributed by atoms with Gasteiger partial charge in [-0.1, -0.05) is 0 Å². The van der Waals surface area contributed by atoms with Crippen molar-refractivity contribution in [3.05, 3.63) is 0 Å². The average Bonchev–Trinajstić information content (AvgIpc) is 2.89. The lowest BCUT2D eigenvalue weighted by molar-refractivity contribution is 0.0885. The Bertz CT molecular complexity index is 216. The van der Waals surface area contributed by atoms with Gasteiger partial charge in [0.25, 0.3) is 0 Å². The Kier molecular flexibility index (Phi) is 2.95. The zero-order chi connectivity index (χ0) is 10.1. The summed E-state index contributed by atoms with van der Waals surface area (Å²) in [5.41, 5.74) is 0. The lowest BCUT2D eigenvalue weighted by Crippen LogP contribution is -2.44. The number of hydrogen-bond acceptors (Lipinski definition) is 3. The molecule has 3 heterocycles. The van der Waals surface area contributed by atoms with Crippen LogP contribution in [0.3, 0.4) is 0 Å². The Morgan fingerprint density at radius 2 is 2.07 bits per heavy atom. The molecule has 3 fully saturated rings. The van der Waals surface area contributed by atoms with Gasteiger partial charge in [-0.15, -0.1) is 0 Å². The van der Waals surface area contributed by atoms with Gasteiger partial charge in [-0.2, -0.15) is 0 Å². The van der Waals surface area contributed by atoms with Crippen LogP contribution in [-0.4, -0.2) is 49.8 Å². The van der Waals surface area contributed by atoms with Gasteiger partial charge in [-0.25, -0.2) is 0 Å². The van der Waals surface area contributed by atoms with Crippen LogP contribution in [0.15, 0.2) is 0 Å². The molecular formula is C12H22N2O. The molecule has 3 saturated heterocycles. The second-order valence-electron chi connectivity index (χ2n) is 5.25. The van der Waals surface area contributed by atoms with Gasteiger partial charge in [-0.05, 0) is 38.1 Å². The molecule has 15 heavy (non-hydrogen) atoms. The van der Waals surface area contributed by atoms with Crippen LogP contribution in [0.4, 0.5) is 0 Å². The molecule has 0 aromatic rings. The van der Waals surface area contributed by atoms with Crippen LogP contribution in [0.1, 0.15) is 25.7 Å². The lowest BCUT2D eigenvalue weighted by Gasteiger charge is -2.29. The fraction of sp³-hybridized carbons (Fsp3) is 1.00. The third-order valence-electron chi connectivity index (χ3n) is 4.26. The first-order valence-corrected chi connectivity index (χ1v) is 6.50. The summed E-state index contributed by atoms with van der Waals surface area (Å²) in [7, 11) is 0. The highest BCUT2D eigenvalue weighted by Gasteiger charge is 2.40. The zero-order valence-corrected chi connectivity index (χ0v) is 9.45. The van der Waals surface area contributed by atoms with Crippen molar-refractivity contribution >= 4 is 0 Å². The maximum Gasteiger partial charge on any atom is 0.0609 e. The Morgan fingerprint density at radius 3 is 2.73 bits per heavy atom. The molecule has 3 rings (SSSR count). The molecule has 0 radical (unpaired) electrons. The van der Waals surface area contributed by atoms with Gasteiger partial charge in [0.2, 0.25) is 0 Å². The Labute approximate surface area is 92.2 Å². The summed E-state index contributed by atoms with van der Waals surface area (Å²) >= 11 is 0. The average molecular weight is 210 g/mol. The molecule has 0 amide bonds. The molecule has 0 aliphatic carbocycles. The Morgan fingerprint density at radius 1 is 1.20 bits per heavy atom. The van der Waals surface area contributed by atoms with E-state index in [1.165, 1.54) is 58.4 Å². The fourth-order valence-corrected chi connectivity index (χ4v) is 3.33. The summed E-state index contributed by atoms with van der Waals surface area (Å²) in [5.74, 6) is 0.874. The molecule has 3 heteroatoms. The second kappa shape index (κ2) is 4.40. The molecule has 3 nitrogen and oxygen atoms in total. The molecule has 0 aromatic carbocycles. The van der Waals surface area contributed by atoms with Crippen molar-refractivity contribution in [2.45, 2.75) is 37.9 Å². The summed E-state index contributed by atoms with van der Waals surface area (Å²) in [6.45, 7) is 6.11. The van der Waals surface area contributed by atoms with Gasteiger partial charge in [0.05, 0.1) is 12.2 Å². The van der Waals surface area contributed by atoms with E-state index in [1.54, 1.807) is 0 Å². The zero-order valence-electron chi connectivity index (χ0n) is 9.45. The van der Waals surface area contributed by atoms with E-state index in [2.05, 4.69) is 10.2 Å². The van der Waals surface area contributed by atoms with Crippen molar-refractivity contribution in [2.75, 3.05) is 32.7 Å². The van der Waals surface area contributed by atoms with Gasteiger partial charge in [0, 0.05) is 26.2 Å². The smallest absolute Gasteiger partial charge is 0.0609 e. The fourth-order valence-electron chi connectivity index (χ4n) is 3.33. The van der Waals surface area contributed by atoms with E-state index in [4.69, 9.17) is 4.74 Å². The number of hydrogen-bond donors (Lipinski definition) is 1. The van der Waals surface area contributed by atoms with Gasteiger partial charge >= 0.3 is 0 Å². The number of fused-ring (bicyclic) bond motifs is 2. The maximum atomic E-state index is 5.89. The quantitative estimate of drug-likeness (QED) is 0.747. The first kappa shape index (κ1) is 10.1. The highest BCUT2D eigenvalue weighted by molar-refractivity contribution is 4.89. The molecule has 1 N–H and O–H groups in total. The summed E-state index contributed by atoms with van der Waals surface area (Å²) in [5, 5.41) is 3.40. The van der Waals surface area contributed by atoms with E-state index in [1.807, 2.05) is 0 Å². The van der Waals surface area contributed by atoms with Crippen LogP contribution in [0.5, 0.6) is 0 Å². The first-order chi connectivity index (χ1) is 7.42. The van der Waals surface area contributed by atoms with Gasteiger partial charge in [-0.3, -0.25) is 0 Å². The summed E-state index contributed by atoms with van der Waals surface area (Å²) < 4.78 is 5.89. The number of nitrogens with zero attached hydrogens (tertiary/aromatic N) is 1. The second-order valence-corrected chi connectivity index (χ2v) is 5.25. The molecule has 86 valence electrons. The van der Waals surface area contributed by atoms with Crippen molar-refractivity contribution in [2.24, 2.45) is 5.92 Å². The highest BCUT2D eigenvalue weighted by Crippen LogP contribution is 2.40. The van der Waals surface area contributed by atoms with Crippen molar-refractivity contribution in [1.82, 2.24) is 10.2 Å². The van der Waals surface area contributed by atoms with Crippen LogP contribution in [0.25, 0.3) is 0 Å². The third-order valence-corrected chi connectivity index (χ3v) is 4.26. The minimum absolute atomic E-state index is 0.623. The minimum Gasteiger partial charge on any atom is -0.375 e. The Balaban J connectivity index is 1.42. The van der Waals surface area contributed by atoms with E-state index in [0.717, 1.165) is 5.92 Å². The van der Waals surface area contributed by atoms with Gasteiger partial charge in [0.1, 0.15) is 0 Å². The molecule has 2 bridgehead atoms. The van der Waals surface area contributed by atoms with Crippen molar-refractivity contribution < 1.29 is 4.74 Å². The topological polar surface area (TPSA) is 24.5 Å². The molecule has 3 atom stereocenters. The molecule has 3 aliphatic heterocycles. The predicted molar refractivity (Wildman–Crippen MR) is 59.9 cm³/mol. The normalized spacial score (nSPS) is 41.2. The van der Waals surface area contributed by atoms with Crippen LogP contribution < -0.4 is 5.32 Å². The highest BCUT2D eigenvalue weighted by atomic mass is 16.5. The number of piperazine rings is 1. The van der Waals surface area contributed by atoms with E-state index in [-0.39, 0.29) is 0 Å². The molecule has 0 aromatic heterocycles. The minimum atomic E-state index is 0.623. The summed E-state index contributed by atoms with van der Waals surface area (Å²) in [6, 6.07) is 0. The molecule has 3 unspecified atom stereocenters.